The van der Waals surface area contributed by atoms with E-state index in [2.05, 4.69) is 21.6 Å². The number of hydrogen-bond donors (Lipinski definition) is 1. The standard InChI is InChI=1S/C21H24N4O4S2/c1-12-8-13(2)10-15(9-12)29-14(3)18-23-24-21(25(18)4)31-11-17(26)22-19-16(6-7-30-19)20(27)28-5/h6-10,14H,11H2,1-5H3,(H,22,26). The molecule has 1 N–H and O–H groups in total. The summed E-state index contributed by atoms with van der Waals surface area (Å²) in [6.45, 7) is 5.96. The fourth-order valence-electron chi connectivity index (χ4n) is 3.03. The third kappa shape index (κ3) is 5.65. The fourth-order valence-corrected chi connectivity index (χ4v) is 4.54. The Morgan fingerprint density at radius 3 is 2.61 bits per heavy atom. The molecule has 0 saturated heterocycles. The van der Waals surface area contributed by atoms with Gasteiger partial charge in [-0.25, -0.2) is 4.79 Å². The fraction of sp³-hybridized carbons (Fsp3) is 0.333. The number of thiophene rings is 1. The van der Waals surface area contributed by atoms with Gasteiger partial charge in [-0.15, -0.1) is 21.5 Å². The molecule has 2 heterocycles. The molecule has 1 aromatic carbocycles. The zero-order valence-electron chi connectivity index (χ0n) is 18.0. The van der Waals surface area contributed by atoms with Crippen molar-refractivity contribution >= 4 is 40.0 Å². The molecule has 0 spiro atoms. The zero-order valence-corrected chi connectivity index (χ0v) is 19.6. The molecular weight excluding hydrogens is 436 g/mol. The average Bonchev–Trinajstić information content (AvgIpc) is 3.31. The number of methoxy groups -OCH3 is 1. The maximum absolute atomic E-state index is 12.3. The smallest absolute Gasteiger partial charge is 0.340 e. The number of benzene rings is 1. The number of esters is 1. The monoisotopic (exact) mass is 460 g/mol. The molecule has 164 valence electrons. The summed E-state index contributed by atoms with van der Waals surface area (Å²) in [5, 5.41) is 14.0. The number of amides is 1. The van der Waals surface area contributed by atoms with E-state index in [9.17, 15) is 9.59 Å². The number of rotatable bonds is 8. The zero-order chi connectivity index (χ0) is 22.5. The summed E-state index contributed by atoms with van der Waals surface area (Å²) in [6, 6.07) is 7.66. The predicted octanol–water partition coefficient (Wildman–Crippen LogP) is 4.15. The number of carbonyl (C=O) groups is 2. The molecule has 0 fully saturated rings. The molecule has 0 radical (unpaired) electrons. The van der Waals surface area contributed by atoms with Gasteiger partial charge < -0.3 is 19.4 Å². The largest absolute Gasteiger partial charge is 0.483 e. The topological polar surface area (TPSA) is 95.3 Å². The molecule has 2 aromatic heterocycles. The Kier molecular flexibility index (Phi) is 7.34. The van der Waals surface area contributed by atoms with E-state index in [4.69, 9.17) is 9.47 Å². The molecule has 0 saturated carbocycles. The van der Waals surface area contributed by atoms with Crippen molar-refractivity contribution in [2.24, 2.45) is 7.05 Å². The Bertz CT molecular complexity index is 1070. The highest BCUT2D eigenvalue weighted by Crippen LogP contribution is 2.27. The van der Waals surface area contributed by atoms with Gasteiger partial charge in [0.15, 0.2) is 17.1 Å². The Labute approximate surface area is 189 Å². The Balaban J connectivity index is 1.60. The predicted molar refractivity (Wildman–Crippen MR) is 121 cm³/mol. The van der Waals surface area contributed by atoms with Crippen LogP contribution in [-0.4, -0.2) is 39.5 Å². The molecule has 31 heavy (non-hydrogen) atoms. The lowest BCUT2D eigenvalue weighted by Crippen LogP contribution is -2.16. The minimum absolute atomic E-state index is 0.122. The van der Waals surface area contributed by atoms with E-state index in [0.717, 1.165) is 16.9 Å². The van der Waals surface area contributed by atoms with Gasteiger partial charge in [-0.1, -0.05) is 17.8 Å². The summed E-state index contributed by atoms with van der Waals surface area (Å²) in [7, 11) is 3.14. The number of hydrogen-bond acceptors (Lipinski definition) is 8. The first-order chi connectivity index (χ1) is 14.8. The van der Waals surface area contributed by atoms with Gasteiger partial charge in [-0.05, 0) is 55.5 Å². The lowest BCUT2D eigenvalue weighted by Gasteiger charge is -2.15. The maximum atomic E-state index is 12.3. The Hall–Kier alpha value is -2.85. The summed E-state index contributed by atoms with van der Waals surface area (Å²) >= 11 is 2.52. The summed E-state index contributed by atoms with van der Waals surface area (Å²) in [6.07, 6.45) is -0.310. The molecule has 3 rings (SSSR count). The molecular formula is C21H24N4O4S2. The number of nitrogens with one attached hydrogen (secondary N) is 1. The Morgan fingerprint density at radius 2 is 1.94 bits per heavy atom. The van der Waals surface area contributed by atoms with Crippen molar-refractivity contribution in [3.63, 3.8) is 0 Å². The van der Waals surface area contributed by atoms with Crippen molar-refractivity contribution in [1.82, 2.24) is 14.8 Å². The number of nitrogens with zero attached hydrogens (tertiary/aromatic N) is 3. The van der Waals surface area contributed by atoms with Gasteiger partial charge in [0.25, 0.3) is 0 Å². The van der Waals surface area contributed by atoms with Crippen molar-refractivity contribution in [3.05, 3.63) is 52.2 Å². The van der Waals surface area contributed by atoms with E-state index in [0.29, 0.717) is 21.5 Å². The lowest BCUT2D eigenvalue weighted by molar-refractivity contribution is -0.113. The van der Waals surface area contributed by atoms with Crippen LogP contribution in [-0.2, 0) is 16.6 Å². The quantitative estimate of drug-likeness (QED) is 0.398. The average molecular weight is 461 g/mol. The number of aryl methyl sites for hydroxylation is 2. The van der Waals surface area contributed by atoms with Crippen LogP contribution >= 0.6 is 23.1 Å². The molecule has 0 aliphatic heterocycles. The van der Waals surface area contributed by atoms with Crippen LogP contribution in [0.1, 0.15) is 40.3 Å². The molecule has 8 nitrogen and oxygen atoms in total. The first-order valence-electron chi connectivity index (χ1n) is 9.51. The number of thioether (sulfide) groups is 1. The van der Waals surface area contributed by atoms with Crippen LogP contribution in [0.15, 0.2) is 34.8 Å². The number of ether oxygens (including phenoxy) is 2. The van der Waals surface area contributed by atoms with Gasteiger partial charge in [0.05, 0.1) is 18.4 Å². The molecule has 3 aromatic rings. The highest BCUT2D eigenvalue weighted by molar-refractivity contribution is 7.99. The van der Waals surface area contributed by atoms with Crippen LogP contribution in [0.4, 0.5) is 5.00 Å². The maximum Gasteiger partial charge on any atom is 0.340 e. The normalized spacial score (nSPS) is 11.8. The van der Waals surface area contributed by atoms with Gasteiger partial charge in [-0.2, -0.15) is 0 Å². The van der Waals surface area contributed by atoms with Crippen molar-refractivity contribution < 1.29 is 19.1 Å². The van der Waals surface area contributed by atoms with E-state index in [1.807, 2.05) is 44.5 Å². The van der Waals surface area contributed by atoms with E-state index < -0.39 is 5.97 Å². The minimum atomic E-state index is -0.486. The van der Waals surface area contributed by atoms with Crippen molar-refractivity contribution in [3.8, 4) is 5.75 Å². The SMILES string of the molecule is COC(=O)c1ccsc1NC(=O)CSc1nnc(C(C)Oc2cc(C)cc(C)c2)n1C. The second-order valence-electron chi connectivity index (χ2n) is 6.98. The van der Waals surface area contributed by atoms with Crippen LogP contribution in [0.25, 0.3) is 0 Å². The van der Waals surface area contributed by atoms with Crippen LogP contribution in [0.5, 0.6) is 5.75 Å². The first-order valence-corrected chi connectivity index (χ1v) is 11.4. The molecule has 1 unspecified atom stereocenters. The Morgan fingerprint density at radius 1 is 1.23 bits per heavy atom. The molecule has 0 aliphatic rings. The third-order valence-electron chi connectivity index (χ3n) is 4.40. The molecule has 10 heteroatoms. The number of aromatic nitrogens is 3. The lowest BCUT2D eigenvalue weighted by atomic mass is 10.1. The third-order valence-corrected chi connectivity index (χ3v) is 6.25. The van der Waals surface area contributed by atoms with Gasteiger partial charge >= 0.3 is 5.97 Å². The highest BCUT2D eigenvalue weighted by Gasteiger charge is 2.19. The molecule has 1 amide bonds. The van der Waals surface area contributed by atoms with E-state index in [-0.39, 0.29) is 17.8 Å². The summed E-state index contributed by atoms with van der Waals surface area (Å²) < 4.78 is 12.6. The van der Waals surface area contributed by atoms with Crippen molar-refractivity contribution in [2.75, 3.05) is 18.2 Å². The van der Waals surface area contributed by atoms with Crippen molar-refractivity contribution in [1.29, 1.82) is 0 Å². The molecule has 0 aliphatic carbocycles. The van der Waals surface area contributed by atoms with Gasteiger partial charge in [0, 0.05) is 7.05 Å². The number of anilines is 1. The summed E-state index contributed by atoms with van der Waals surface area (Å²) in [5.41, 5.74) is 2.59. The van der Waals surface area contributed by atoms with Gasteiger partial charge in [0.1, 0.15) is 10.8 Å². The van der Waals surface area contributed by atoms with E-state index >= 15 is 0 Å². The molecule has 0 bridgehead atoms. The van der Waals surface area contributed by atoms with Crippen LogP contribution in [0, 0.1) is 13.8 Å². The van der Waals surface area contributed by atoms with Crippen LogP contribution in [0.3, 0.4) is 0 Å². The van der Waals surface area contributed by atoms with E-state index in [1.54, 1.807) is 11.4 Å². The first kappa shape index (κ1) is 22.8. The van der Waals surface area contributed by atoms with E-state index in [1.165, 1.54) is 30.2 Å². The summed E-state index contributed by atoms with van der Waals surface area (Å²) in [4.78, 5) is 24.1. The van der Waals surface area contributed by atoms with Crippen molar-refractivity contribution in [2.45, 2.75) is 32.0 Å². The molecule has 1 atom stereocenters. The van der Waals surface area contributed by atoms with Gasteiger partial charge in [0.2, 0.25) is 5.91 Å². The second kappa shape index (κ2) is 9.97. The highest BCUT2D eigenvalue weighted by atomic mass is 32.2. The summed E-state index contributed by atoms with van der Waals surface area (Å²) in [5.74, 6) is 0.824. The van der Waals surface area contributed by atoms with Crippen LogP contribution < -0.4 is 10.1 Å². The number of carbonyl (C=O) groups excluding carboxylic acids is 2. The second-order valence-corrected chi connectivity index (χ2v) is 8.83. The van der Waals surface area contributed by atoms with Gasteiger partial charge in [-0.3, -0.25) is 4.79 Å². The van der Waals surface area contributed by atoms with Crippen LogP contribution in [0.2, 0.25) is 0 Å². The minimum Gasteiger partial charge on any atom is -0.483 e.